The first-order chi connectivity index (χ1) is 14.8. The molecule has 0 unspecified atom stereocenters. The first-order valence-corrected chi connectivity index (χ1v) is 10.0. The van der Waals surface area contributed by atoms with Crippen LogP contribution in [0.1, 0.15) is 30.1 Å². The minimum Gasteiger partial charge on any atom is -0.383 e. The van der Waals surface area contributed by atoms with Crippen molar-refractivity contribution in [1.82, 2.24) is 14.5 Å². The van der Waals surface area contributed by atoms with E-state index < -0.39 is 17.2 Å². The smallest absolute Gasteiger partial charge is 0.330 e. The molecule has 0 bridgehead atoms. The van der Waals surface area contributed by atoms with Gasteiger partial charge in [0.05, 0.1) is 5.56 Å². The Labute approximate surface area is 179 Å². The van der Waals surface area contributed by atoms with Gasteiger partial charge >= 0.3 is 5.69 Å². The average Bonchev–Trinajstić information content (AvgIpc) is 2.78. The van der Waals surface area contributed by atoms with Crippen LogP contribution in [0.3, 0.4) is 0 Å². The second kappa shape index (κ2) is 9.29. The van der Waals surface area contributed by atoms with Gasteiger partial charge in [-0.15, -0.1) is 0 Å². The maximum atomic E-state index is 13.0. The SMILES string of the molecule is CCCCn1c(N)c(N(C)C(=O)c2ccc(N(C)c3ccccc3)nc2)c(=O)[nH]c1=O. The summed E-state index contributed by atoms with van der Waals surface area (Å²) in [4.78, 5) is 47.2. The molecular formula is C22H26N6O3. The number of hydrogen-bond acceptors (Lipinski definition) is 6. The summed E-state index contributed by atoms with van der Waals surface area (Å²) in [7, 11) is 3.33. The molecule has 2 aromatic heterocycles. The molecule has 0 aliphatic rings. The maximum absolute atomic E-state index is 13.0. The van der Waals surface area contributed by atoms with Gasteiger partial charge in [0.15, 0.2) is 5.69 Å². The number of H-pyrrole nitrogens is 1. The molecule has 0 aliphatic carbocycles. The number of aromatic amines is 1. The van der Waals surface area contributed by atoms with Gasteiger partial charge in [-0.1, -0.05) is 31.5 Å². The molecule has 162 valence electrons. The molecule has 2 heterocycles. The Morgan fingerprint density at radius 1 is 1.13 bits per heavy atom. The summed E-state index contributed by atoms with van der Waals surface area (Å²) in [5.41, 5.74) is 5.99. The van der Waals surface area contributed by atoms with E-state index >= 15 is 0 Å². The quantitative estimate of drug-likeness (QED) is 0.604. The molecule has 0 saturated carbocycles. The van der Waals surface area contributed by atoms with Crippen molar-refractivity contribution >= 4 is 28.9 Å². The highest BCUT2D eigenvalue weighted by Gasteiger charge is 2.22. The Kier molecular flexibility index (Phi) is 6.54. The van der Waals surface area contributed by atoms with Crippen LogP contribution in [-0.2, 0) is 6.54 Å². The van der Waals surface area contributed by atoms with E-state index in [-0.39, 0.29) is 17.1 Å². The van der Waals surface area contributed by atoms with Crippen molar-refractivity contribution in [2.24, 2.45) is 0 Å². The van der Waals surface area contributed by atoms with Crippen LogP contribution in [0.2, 0.25) is 0 Å². The number of benzene rings is 1. The predicted octanol–water partition coefficient (Wildman–Crippen LogP) is 2.36. The van der Waals surface area contributed by atoms with Crippen molar-refractivity contribution in [3.8, 4) is 0 Å². The summed E-state index contributed by atoms with van der Waals surface area (Å²) in [5.74, 6) is 0.168. The molecule has 1 amide bonds. The Morgan fingerprint density at radius 2 is 1.84 bits per heavy atom. The fourth-order valence-electron chi connectivity index (χ4n) is 3.23. The van der Waals surface area contributed by atoms with Crippen LogP contribution in [0, 0.1) is 0 Å². The topological polar surface area (TPSA) is 117 Å². The van der Waals surface area contributed by atoms with E-state index in [1.54, 1.807) is 12.1 Å². The maximum Gasteiger partial charge on any atom is 0.330 e. The lowest BCUT2D eigenvalue weighted by Gasteiger charge is -2.21. The van der Waals surface area contributed by atoms with Crippen LogP contribution < -0.4 is 26.8 Å². The lowest BCUT2D eigenvalue weighted by Crippen LogP contribution is -2.39. The third-order valence-electron chi connectivity index (χ3n) is 5.07. The number of nitrogen functional groups attached to an aromatic ring is 1. The molecule has 0 saturated heterocycles. The van der Waals surface area contributed by atoms with E-state index in [4.69, 9.17) is 5.73 Å². The fraction of sp³-hybridized carbons (Fsp3) is 0.273. The van der Waals surface area contributed by atoms with Crippen LogP contribution in [0.5, 0.6) is 0 Å². The van der Waals surface area contributed by atoms with Gasteiger partial charge in [0.25, 0.3) is 11.5 Å². The molecule has 0 spiro atoms. The third-order valence-corrected chi connectivity index (χ3v) is 5.07. The van der Waals surface area contributed by atoms with Gasteiger partial charge in [0.1, 0.15) is 11.6 Å². The normalized spacial score (nSPS) is 10.7. The number of carbonyl (C=O) groups excluding carboxylic acids is 1. The number of carbonyl (C=O) groups is 1. The zero-order chi connectivity index (χ0) is 22.5. The number of aromatic nitrogens is 3. The van der Waals surface area contributed by atoms with Gasteiger partial charge in [0, 0.05) is 32.5 Å². The summed E-state index contributed by atoms with van der Waals surface area (Å²) >= 11 is 0. The monoisotopic (exact) mass is 422 g/mol. The van der Waals surface area contributed by atoms with Gasteiger partial charge in [0.2, 0.25) is 0 Å². The van der Waals surface area contributed by atoms with Crippen LogP contribution >= 0.6 is 0 Å². The first-order valence-electron chi connectivity index (χ1n) is 10.0. The van der Waals surface area contributed by atoms with E-state index in [9.17, 15) is 14.4 Å². The number of hydrogen-bond donors (Lipinski definition) is 2. The molecule has 9 nitrogen and oxygen atoms in total. The van der Waals surface area contributed by atoms with Gasteiger partial charge in [-0.2, -0.15) is 0 Å². The minimum absolute atomic E-state index is 0.0357. The van der Waals surface area contributed by atoms with Crippen molar-refractivity contribution in [2.75, 3.05) is 29.6 Å². The lowest BCUT2D eigenvalue weighted by molar-refractivity contribution is 0.0992. The van der Waals surface area contributed by atoms with Crippen molar-refractivity contribution < 1.29 is 4.79 Å². The molecular weight excluding hydrogens is 396 g/mol. The number of anilines is 4. The fourth-order valence-corrected chi connectivity index (χ4v) is 3.23. The summed E-state index contributed by atoms with van der Waals surface area (Å²) in [5, 5.41) is 0. The number of pyridine rings is 1. The number of nitrogens with one attached hydrogen (secondary N) is 1. The van der Waals surface area contributed by atoms with E-state index in [0.29, 0.717) is 18.8 Å². The number of para-hydroxylation sites is 1. The highest BCUT2D eigenvalue weighted by Crippen LogP contribution is 2.22. The first kappa shape index (κ1) is 21.8. The van der Waals surface area contributed by atoms with Crippen molar-refractivity contribution in [3.63, 3.8) is 0 Å². The zero-order valence-corrected chi connectivity index (χ0v) is 17.8. The highest BCUT2D eigenvalue weighted by atomic mass is 16.2. The highest BCUT2D eigenvalue weighted by molar-refractivity contribution is 6.06. The molecule has 31 heavy (non-hydrogen) atoms. The molecule has 9 heteroatoms. The molecule has 3 aromatic rings. The number of rotatable bonds is 7. The van der Waals surface area contributed by atoms with E-state index in [2.05, 4.69) is 9.97 Å². The Morgan fingerprint density at radius 3 is 2.45 bits per heavy atom. The average molecular weight is 422 g/mol. The number of unbranched alkanes of at least 4 members (excludes halogenated alkanes) is 1. The number of nitrogens with two attached hydrogens (primary N) is 1. The Hall–Kier alpha value is -3.88. The van der Waals surface area contributed by atoms with Gasteiger partial charge < -0.3 is 15.5 Å². The van der Waals surface area contributed by atoms with Gasteiger partial charge in [-0.25, -0.2) is 9.78 Å². The largest absolute Gasteiger partial charge is 0.383 e. The van der Waals surface area contributed by atoms with E-state index in [0.717, 1.165) is 17.0 Å². The van der Waals surface area contributed by atoms with Crippen LogP contribution in [0.15, 0.2) is 58.3 Å². The van der Waals surface area contributed by atoms with Crippen molar-refractivity contribution in [3.05, 3.63) is 75.1 Å². The Bertz CT molecular complexity index is 1170. The summed E-state index contributed by atoms with van der Waals surface area (Å²) in [6.07, 6.45) is 3.02. The summed E-state index contributed by atoms with van der Waals surface area (Å²) < 4.78 is 1.28. The summed E-state index contributed by atoms with van der Waals surface area (Å²) in [6, 6.07) is 13.1. The molecule has 0 radical (unpaired) electrons. The molecule has 0 fully saturated rings. The van der Waals surface area contributed by atoms with Crippen LogP contribution in [0.4, 0.5) is 23.0 Å². The van der Waals surface area contributed by atoms with E-state index in [1.165, 1.54) is 17.8 Å². The summed E-state index contributed by atoms with van der Waals surface area (Å²) in [6.45, 7) is 2.34. The second-order valence-corrected chi connectivity index (χ2v) is 7.16. The van der Waals surface area contributed by atoms with E-state index in [1.807, 2.05) is 49.2 Å². The van der Waals surface area contributed by atoms with Crippen molar-refractivity contribution in [2.45, 2.75) is 26.3 Å². The van der Waals surface area contributed by atoms with Crippen molar-refractivity contribution in [1.29, 1.82) is 0 Å². The molecule has 1 aromatic carbocycles. The number of amides is 1. The van der Waals surface area contributed by atoms with Gasteiger partial charge in [-0.3, -0.25) is 19.1 Å². The number of nitrogens with zero attached hydrogens (tertiary/aromatic N) is 4. The molecule has 3 N–H and O–H groups in total. The predicted molar refractivity (Wildman–Crippen MR) is 122 cm³/mol. The van der Waals surface area contributed by atoms with Crippen LogP contribution in [-0.4, -0.2) is 34.5 Å². The zero-order valence-electron chi connectivity index (χ0n) is 17.8. The Balaban J connectivity index is 1.88. The third kappa shape index (κ3) is 4.50. The minimum atomic E-state index is -0.709. The molecule has 0 atom stereocenters. The molecule has 0 aliphatic heterocycles. The van der Waals surface area contributed by atoms with Crippen LogP contribution in [0.25, 0.3) is 0 Å². The lowest BCUT2D eigenvalue weighted by atomic mass is 10.2. The molecule has 3 rings (SSSR count). The van der Waals surface area contributed by atoms with Gasteiger partial charge in [-0.05, 0) is 30.7 Å². The second-order valence-electron chi connectivity index (χ2n) is 7.16. The standard InChI is InChI=1S/C22H26N6O3/c1-4-5-13-28-19(23)18(20(29)25-22(28)31)27(3)21(30)15-11-12-17(24-14-15)26(2)16-9-7-6-8-10-16/h6-12,14H,4-5,13,23H2,1-3H3,(H,25,29,31).